The number of nitrogens with zero attached hydrogens (tertiary/aromatic N) is 2. The molecule has 120 valence electrons. The topological polar surface area (TPSA) is 46.9 Å². The van der Waals surface area contributed by atoms with Crippen LogP contribution in [0.3, 0.4) is 0 Å². The first-order valence-electron chi connectivity index (χ1n) is 7.51. The average molecular weight is 321 g/mol. The van der Waals surface area contributed by atoms with Crippen molar-refractivity contribution in [2.24, 2.45) is 0 Å². The molecule has 1 aromatic heterocycles. The summed E-state index contributed by atoms with van der Waals surface area (Å²) in [5, 5.41) is 7.04. The second-order valence-corrected chi connectivity index (χ2v) is 5.23. The van der Waals surface area contributed by atoms with Crippen LogP contribution in [-0.4, -0.2) is 15.7 Å². The van der Waals surface area contributed by atoms with Crippen LogP contribution in [0, 0.1) is 5.82 Å². The van der Waals surface area contributed by atoms with Gasteiger partial charge < -0.3 is 5.32 Å². The molecule has 1 N–H and O–H groups in total. The van der Waals surface area contributed by atoms with Gasteiger partial charge in [-0.25, -0.2) is 4.39 Å². The van der Waals surface area contributed by atoms with Gasteiger partial charge in [-0.05, 0) is 41.5 Å². The van der Waals surface area contributed by atoms with Crippen molar-refractivity contribution in [1.82, 2.24) is 9.78 Å². The molecular weight excluding hydrogens is 305 g/mol. The normalized spacial score (nSPS) is 10.9. The second kappa shape index (κ2) is 7.37. The van der Waals surface area contributed by atoms with Gasteiger partial charge in [-0.1, -0.05) is 30.3 Å². The van der Waals surface area contributed by atoms with E-state index in [1.165, 1.54) is 18.2 Å². The van der Waals surface area contributed by atoms with Crippen LogP contribution < -0.4 is 5.32 Å². The number of aromatic nitrogens is 2. The largest absolute Gasteiger partial charge is 0.322 e. The van der Waals surface area contributed by atoms with E-state index in [0.717, 1.165) is 16.8 Å². The van der Waals surface area contributed by atoms with E-state index in [4.69, 9.17) is 0 Å². The van der Waals surface area contributed by atoms with Crippen LogP contribution in [0.1, 0.15) is 11.1 Å². The highest BCUT2D eigenvalue weighted by molar-refractivity contribution is 6.02. The number of hydrogen-bond donors (Lipinski definition) is 1. The minimum absolute atomic E-state index is 0.243. The molecular formula is C19H16FN3O. The fraction of sp³-hybridized carbons (Fsp3) is 0.0526. The van der Waals surface area contributed by atoms with E-state index < -0.39 is 0 Å². The van der Waals surface area contributed by atoms with Crippen LogP contribution in [0.25, 0.3) is 6.08 Å². The van der Waals surface area contributed by atoms with E-state index >= 15 is 0 Å². The Morgan fingerprint density at radius 3 is 2.67 bits per heavy atom. The number of para-hydroxylation sites is 1. The summed E-state index contributed by atoms with van der Waals surface area (Å²) in [5.41, 5.74) is 2.46. The molecule has 3 aromatic rings. The summed E-state index contributed by atoms with van der Waals surface area (Å²) >= 11 is 0. The molecule has 0 fully saturated rings. The Hall–Kier alpha value is -3.21. The molecule has 0 radical (unpaired) electrons. The third-order valence-corrected chi connectivity index (χ3v) is 3.46. The molecule has 24 heavy (non-hydrogen) atoms. The number of amides is 1. The smallest absolute Gasteiger partial charge is 0.248 e. The quantitative estimate of drug-likeness (QED) is 0.728. The maximum absolute atomic E-state index is 12.9. The van der Waals surface area contributed by atoms with Gasteiger partial charge in [0, 0.05) is 24.2 Å². The zero-order valence-electron chi connectivity index (χ0n) is 12.9. The SMILES string of the molecule is O=C(/C=C/c1ccc(F)cc1)Nc1ccccc1Cn1cccn1. The molecule has 0 atom stereocenters. The molecule has 0 saturated heterocycles. The lowest BCUT2D eigenvalue weighted by Crippen LogP contribution is -2.11. The summed E-state index contributed by atoms with van der Waals surface area (Å²) in [7, 11) is 0. The van der Waals surface area contributed by atoms with Gasteiger partial charge in [-0.2, -0.15) is 5.10 Å². The van der Waals surface area contributed by atoms with Gasteiger partial charge in [0.15, 0.2) is 0 Å². The van der Waals surface area contributed by atoms with Crippen molar-refractivity contribution in [3.05, 3.63) is 90.0 Å². The first kappa shape index (κ1) is 15.7. The summed E-state index contributed by atoms with van der Waals surface area (Å²) in [4.78, 5) is 12.1. The van der Waals surface area contributed by atoms with Gasteiger partial charge in [0.25, 0.3) is 0 Å². The number of anilines is 1. The van der Waals surface area contributed by atoms with E-state index in [2.05, 4.69) is 10.4 Å². The first-order valence-corrected chi connectivity index (χ1v) is 7.51. The van der Waals surface area contributed by atoms with Crippen molar-refractivity contribution in [1.29, 1.82) is 0 Å². The van der Waals surface area contributed by atoms with Crippen molar-refractivity contribution >= 4 is 17.7 Å². The van der Waals surface area contributed by atoms with Crippen molar-refractivity contribution in [3.8, 4) is 0 Å². The lowest BCUT2D eigenvalue weighted by Gasteiger charge is -2.10. The van der Waals surface area contributed by atoms with Gasteiger partial charge >= 0.3 is 0 Å². The zero-order valence-corrected chi connectivity index (χ0v) is 12.9. The molecule has 3 rings (SSSR count). The molecule has 1 heterocycles. The number of hydrogen-bond acceptors (Lipinski definition) is 2. The van der Waals surface area contributed by atoms with E-state index in [1.54, 1.807) is 29.1 Å². The molecule has 0 saturated carbocycles. The Labute approximate surface area is 139 Å². The Morgan fingerprint density at radius 1 is 1.12 bits per heavy atom. The van der Waals surface area contributed by atoms with Crippen molar-refractivity contribution in [2.45, 2.75) is 6.54 Å². The first-order chi connectivity index (χ1) is 11.7. The summed E-state index contributed by atoms with van der Waals surface area (Å²) in [6, 6.07) is 15.4. The van der Waals surface area contributed by atoms with Gasteiger partial charge in [0.1, 0.15) is 5.82 Å². The molecule has 2 aromatic carbocycles. The number of carbonyl (C=O) groups is 1. The fourth-order valence-electron chi connectivity index (χ4n) is 2.27. The molecule has 0 spiro atoms. The zero-order chi connectivity index (χ0) is 16.8. The molecule has 4 nitrogen and oxygen atoms in total. The average Bonchev–Trinajstić information content (AvgIpc) is 3.09. The third kappa shape index (κ3) is 4.16. The molecule has 0 unspecified atom stereocenters. The lowest BCUT2D eigenvalue weighted by atomic mass is 10.1. The molecule has 0 aliphatic carbocycles. The molecule has 0 bridgehead atoms. The summed E-state index contributed by atoms with van der Waals surface area (Å²) < 4.78 is 14.7. The second-order valence-electron chi connectivity index (χ2n) is 5.23. The number of nitrogens with one attached hydrogen (secondary N) is 1. The maximum atomic E-state index is 12.9. The summed E-state index contributed by atoms with van der Waals surface area (Å²) in [6.07, 6.45) is 6.66. The van der Waals surface area contributed by atoms with Crippen molar-refractivity contribution < 1.29 is 9.18 Å². The number of halogens is 1. The molecule has 0 aliphatic heterocycles. The molecule has 5 heteroatoms. The Morgan fingerprint density at radius 2 is 1.92 bits per heavy atom. The Bertz CT molecular complexity index is 839. The Kier molecular flexibility index (Phi) is 4.81. The Balaban J connectivity index is 1.69. The maximum Gasteiger partial charge on any atom is 0.248 e. The minimum atomic E-state index is -0.302. The lowest BCUT2D eigenvalue weighted by molar-refractivity contribution is -0.111. The summed E-state index contributed by atoms with van der Waals surface area (Å²) in [5.74, 6) is -0.545. The van der Waals surface area contributed by atoms with E-state index in [9.17, 15) is 9.18 Å². The van der Waals surface area contributed by atoms with Crippen molar-refractivity contribution in [2.75, 3.05) is 5.32 Å². The van der Waals surface area contributed by atoms with Crippen LogP contribution in [0.2, 0.25) is 0 Å². The standard InChI is InChI=1S/C19H16FN3O/c20-17-9-6-15(7-10-17)8-11-19(24)22-18-5-2-1-4-16(18)14-23-13-3-12-21-23/h1-13H,14H2,(H,22,24)/b11-8+. The molecule has 0 aliphatic rings. The van der Waals surface area contributed by atoms with Gasteiger partial charge in [-0.3, -0.25) is 9.48 Å². The highest BCUT2D eigenvalue weighted by Gasteiger charge is 2.05. The highest BCUT2D eigenvalue weighted by Crippen LogP contribution is 2.16. The fourth-order valence-corrected chi connectivity index (χ4v) is 2.27. The van der Waals surface area contributed by atoms with E-state index in [-0.39, 0.29) is 11.7 Å². The van der Waals surface area contributed by atoms with Crippen molar-refractivity contribution in [3.63, 3.8) is 0 Å². The third-order valence-electron chi connectivity index (χ3n) is 3.46. The van der Waals surface area contributed by atoms with Crippen LogP contribution in [0.15, 0.2) is 73.1 Å². The van der Waals surface area contributed by atoms with E-state index in [0.29, 0.717) is 6.54 Å². The van der Waals surface area contributed by atoms with Gasteiger partial charge in [-0.15, -0.1) is 0 Å². The monoisotopic (exact) mass is 321 g/mol. The van der Waals surface area contributed by atoms with Gasteiger partial charge in [0.05, 0.1) is 6.54 Å². The predicted octanol–water partition coefficient (Wildman–Crippen LogP) is 3.72. The van der Waals surface area contributed by atoms with Crippen LogP contribution in [0.4, 0.5) is 10.1 Å². The van der Waals surface area contributed by atoms with Crippen LogP contribution >= 0.6 is 0 Å². The minimum Gasteiger partial charge on any atom is -0.322 e. The van der Waals surface area contributed by atoms with Crippen LogP contribution in [-0.2, 0) is 11.3 Å². The molecule has 1 amide bonds. The van der Waals surface area contributed by atoms with Crippen LogP contribution in [0.5, 0.6) is 0 Å². The van der Waals surface area contributed by atoms with Gasteiger partial charge in [0.2, 0.25) is 5.91 Å². The van der Waals surface area contributed by atoms with E-state index in [1.807, 2.05) is 36.5 Å². The number of rotatable bonds is 5. The summed E-state index contributed by atoms with van der Waals surface area (Å²) in [6.45, 7) is 0.575. The number of benzene rings is 2. The number of carbonyl (C=O) groups excluding carboxylic acids is 1. The predicted molar refractivity (Wildman–Crippen MR) is 91.8 cm³/mol. The highest BCUT2D eigenvalue weighted by atomic mass is 19.1.